The van der Waals surface area contributed by atoms with Crippen LogP contribution in [0, 0.1) is 0 Å². The summed E-state index contributed by atoms with van der Waals surface area (Å²) in [4.78, 5) is 0.864. The third-order valence-corrected chi connectivity index (χ3v) is 3.17. The highest BCUT2D eigenvalue weighted by Gasteiger charge is 2.11. The molecule has 1 N–H and O–H groups in total. The van der Waals surface area contributed by atoms with Crippen LogP contribution in [0.3, 0.4) is 0 Å². The molecular weight excluding hydrogens is 198 g/mol. The zero-order valence-corrected chi connectivity index (χ0v) is 9.08. The second-order valence-corrected chi connectivity index (χ2v) is 4.19. The van der Waals surface area contributed by atoms with Crippen LogP contribution in [-0.2, 0) is 0 Å². The van der Waals surface area contributed by atoms with Gasteiger partial charge in [0, 0.05) is 12.5 Å². The van der Waals surface area contributed by atoms with E-state index in [1.165, 1.54) is 0 Å². The van der Waals surface area contributed by atoms with Gasteiger partial charge in [-0.25, -0.2) is 0 Å². The second-order valence-electron chi connectivity index (χ2n) is 3.21. The number of aromatic nitrogens is 4. The SMILES string of the molecule is CCNCC(C)c1nn2cnnc2s1. The van der Waals surface area contributed by atoms with E-state index < -0.39 is 0 Å². The monoisotopic (exact) mass is 211 g/mol. The lowest BCUT2D eigenvalue weighted by molar-refractivity contribution is 0.624. The average molecular weight is 211 g/mol. The molecule has 0 amide bonds. The lowest BCUT2D eigenvalue weighted by atomic mass is 10.2. The zero-order chi connectivity index (χ0) is 9.97. The van der Waals surface area contributed by atoms with E-state index in [-0.39, 0.29) is 0 Å². The molecule has 0 bridgehead atoms. The summed E-state index contributed by atoms with van der Waals surface area (Å²) in [5, 5.41) is 16.5. The molecule has 0 saturated carbocycles. The van der Waals surface area contributed by atoms with E-state index in [1.807, 2.05) is 0 Å². The third kappa shape index (κ3) is 1.76. The Morgan fingerprint density at radius 1 is 1.64 bits per heavy atom. The van der Waals surface area contributed by atoms with Crippen molar-refractivity contribution in [1.29, 1.82) is 0 Å². The van der Waals surface area contributed by atoms with Gasteiger partial charge in [-0.1, -0.05) is 25.2 Å². The number of nitrogens with zero attached hydrogens (tertiary/aromatic N) is 4. The van der Waals surface area contributed by atoms with Crippen LogP contribution in [0.2, 0.25) is 0 Å². The van der Waals surface area contributed by atoms with Crippen molar-refractivity contribution in [3.05, 3.63) is 11.3 Å². The average Bonchev–Trinajstić information content (AvgIpc) is 2.72. The maximum absolute atomic E-state index is 4.40. The molecule has 0 aliphatic heterocycles. The van der Waals surface area contributed by atoms with Gasteiger partial charge in [-0.3, -0.25) is 0 Å². The minimum Gasteiger partial charge on any atom is -0.316 e. The van der Waals surface area contributed by atoms with Crippen molar-refractivity contribution in [1.82, 2.24) is 25.1 Å². The Kier molecular flexibility index (Phi) is 2.74. The fourth-order valence-electron chi connectivity index (χ4n) is 1.22. The molecule has 0 spiro atoms. The zero-order valence-electron chi connectivity index (χ0n) is 8.27. The van der Waals surface area contributed by atoms with Crippen LogP contribution >= 0.6 is 11.3 Å². The van der Waals surface area contributed by atoms with Gasteiger partial charge in [0.15, 0.2) is 0 Å². The van der Waals surface area contributed by atoms with Crippen LogP contribution in [0.1, 0.15) is 24.8 Å². The Labute approximate surface area is 86.2 Å². The number of likely N-dealkylation sites (N-methyl/N-ethyl adjacent to an activating group) is 1. The summed E-state index contributed by atoms with van der Waals surface area (Å²) in [5.74, 6) is 0.432. The molecule has 5 nitrogen and oxygen atoms in total. The lowest BCUT2D eigenvalue weighted by Gasteiger charge is -2.06. The van der Waals surface area contributed by atoms with Crippen molar-refractivity contribution < 1.29 is 0 Å². The molecule has 0 aromatic carbocycles. The lowest BCUT2D eigenvalue weighted by Crippen LogP contribution is -2.19. The molecule has 14 heavy (non-hydrogen) atoms. The summed E-state index contributed by atoms with van der Waals surface area (Å²) in [6.07, 6.45) is 1.63. The summed E-state index contributed by atoms with van der Waals surface area (Å²) in [5.41, 5.74) is 0. The van der Waals surface area contributed by atoms with Gasteiger partial charge < -0.3 is 5.32 Å². The highest BCUT2D eigenvalue weighted by molar-refractivity contribution is 7.16. The van der Waals surface area contributed by atoms with E-state index in [4.69, 9.17) is 0 Å². The Balaban J connectivity index is 2.13. The van der Waals surface area contributed by atoms with Crippen LogP contribution in [0.4, 0.5) is 0 Å². The van der Waals surface area contributed by atoms with Gasteiger partial charge in [0.1, 0.15) is 11.3 Å². The van der Waals surface area contributed by atoms with Crippen LogP contribution in [0.15, 0.2) is 6.33 Å². The van der Waals surface area contributed by atoms with Gasteiger partial charge in [-0.2, -0.15) is 9.61 Å². The largest absolute Gasteiger partial charge is 0.316 e. The van der Waals surface area contributed by atoms with E-state index >= 15 is 0 Å². The summed E-state index contributed by atoms with van der Waals surface area (Å²) in [6, 6.07) is 0. The number of rotatable bonds is 4. The van der Waals surface area contributed by atoms with E-state index in [9.17, 15) is 0 Å². The minimum atomic E-state index is 0.432. The topological polar surface area (TPSA) is 55.1 Å². The Bertz CT molecular complexity index is 378. The first-order valence-corrected chi connectivity index (χ1v) is 5.50. The Hall–Kier alpha value is -1.01. The van der Waals surface area contributed by atoms with Gasteiger partial charge in [0.2, 0.25) is 4.96 Å². The maximum atomic E-state index is 4.40. The smallest absolute Gasteiger partial charge is 0.234 e. The van der Waals surface area contributed by atoms with Crippen LogP contribution in [-0.4, -0.2) is 32.9 Å². The number of fused-ring (bicyclic) bond motifs is 1. The molecule has 2 aromatic heterocycles. The Morgan fingerprint density at radius 2 is 2.50 bits per heavy atom. The molecular formula is C8H13N5S. The fourth-order valence-corrected chi connectivity index (χ4v) is 2.09. The summed E-state index contributed by atoms with van der Waals surface area (Å²) in [7, 11) is 0. The first-order valence-electron chi connectivity index (χ1n) is 4.68. The summed E-state index contributed by atoms with van der Waals surface area (Å²) >= 11 is 1.60. The first-order chi connectivity index (χ1) is 6.81. The van der Waals surface area contributed by atoms with Crippen molar-refractivity contribution in [2.24, 2.45) is 0 Å². The van der Waals surface area contributed by atoms with Crippen molar-refractivity contribution >= 4 is 16.3 Å². The molecule has 0 fully saturated rings. The van der Waals surface area contributed by atoms with E-state index in [2.05, 4.69) is 34.5 Å². The molecule has 0 aliphatic rings. The molecule has 2 heterocycles. The molecule has 2 rings (SSSR count). The first kappa shape index (κ1) is 9.54. The van der Waals surface area contributed by atoms with Crippen molar-refractivity contribution in [3.63, 3.8) is 0 Å². The molecule has 1 atom stereocenters. The van der Waals surface area contributed by atoms with Gasteiger partial charge in [-0.15, -0.1) is 10.2 Å². The van der Waals surface area contributed by atoms with E-state index in [0.717, 1.165) is 23.1 Å². The van der Waals surface area contributed by atoms with Gasteiger partial charge >= 0.3 is 0 Å². The van der Waals surface area contributed by atoms with Crippen molar-refractivity contribution in [2.75, 3.05) is 13.1 Å². The molecule has 2 aromatic rings. The van der Waals surface area contributed by atoms with Crippen molar-refractivity contribution in [2.45, 2.75) is 19.8 Å². The maximum Gasteiger partial charge on any atom is 0.234 e. The standard InChI is InChI=1S/C8H13N5S/c1-3-9-4-6(2)7-12-13-5-10-11-8(13)14-7/h5-6,9H,3-4H2,1-2H3. The van der Waals surface area contributed by atoms with Crippen molar-refractivity contribution in [3.8, 4) is 0 Å². The highest BCUT2D eigenvalue weighted by atomic mass is 32.1. The quantitative estimate of drug-likeness (QED) is 0.816. The van der Waals surface area contributed by atoms with Crippen LogP contribution < -0.4 is 5.32 Å². The van der Waals surface area contributed by atoms with Crippen LogP contribution in [0.25, 0.3) is 4.96 Å². The van der Waals surface area contributed by atoms with Gasteiger partial charge in [0.25, 0.3) is 0 Å². The number of hydrogen-bond acceptors (Lipinski definition) is 5. The van der Waals surface area contributed by atoms with Crippen LogP contribution in [0.5, 0.6) is 0 Å². The highest BCUT2D eigenvalue weighted by Crippen LogP contribution is 2.20. The molecule has 0 saturated heterocycles. The Morgan fingerprint density at radius 3 is 3.21 bits per heavy atom. The number of hydrogen-bond donors (Lipinski definition) is 1. The summed E-state index contributed by atoms with van der Waals surface area (Å²) in [6.45, 7) is 6.22. The molecule has 0 aliphatic carbocycles. The summed E-state index contributed by atoms with van der Waals surface area (Å²) < 4.78 is 1.72. The fraction of sp³-hybridized carbons (Fsp3) is 0.625. The normalized spacial score (nSPS) is 13.6. The molecule has 76 valence electrons. The minimum absolute atomic E-state index is 0.432. The van der Waals surface area contributed by atoms with E-state index in [1.54, 1.807) is 22.2 Å². The predicted octanol–water partition coefficient (Wildman–Crippen LogP) is 0.899. The third-order valence-electron chi connectivity index (χ3n) is 2.02. The second kappa shape index (κ2) is 4.02. The van der Waals surface area contributed by atoms with Gasteiger partial charge in [-0.05, 0) is 6.54 Å². The van der Waals surface area contributed by atoms with E-state index in [0.29, 0.717) is 5.92 Å². The predicted molar refractivity (Wildman–Crippen MR) is 55.6 cm³/mol. The number of nitrogens with one attached hydrogen (secondary N) is 1. The molecule has 6 heteroatoms. The molecule has 0 radical (unpaired) electrons. The van der Waals surface area contributed by atoms with Gasteiger partial charge in [0.05, 0.1) is 0 Å². The molecule has 1 unspecified atom stereocenters.